The SMILES string of the molecule is Cc1cc(-c2ccsc2)c([N+](=O)[O-])c(=O)n1C(=O)O. The Morgan fingerprint density at radius 3 is 2.68 bits per heavy atom. The monoisotopic (exact) mass is 280 g/mol. The van der Waals surface area contributed by atoms with E-state index in [0.29, 0.717) is 10.1 Å². The summed E-state index contributed by atoms with van der Waals surface area (Å²) in [5, 5.41) is 23.3. The van der Waals surface area contributed by atoms with Crippen LogP contribution in [0.1, 0.15) is 5.69 Å². The first-order chi connectivity index (χ1) is 8.93. The normalized spacial score (nSPS) is 10.4. The molecule has 0 aliphatic carbocycles. The van der Waals surface area contributed by atoms with Gasteiger partial charge in [-0.1, -0.05) is 0 Å². The molecule has 0 saturated heterocycles. The highest BCUT2D eigenvalue weighted by atomic mass is 32.1. The average Bonchev–Trinajstić information content (AvgIpc) is 2.79. The second-order valence-corrected chi connectivity index (χ2v) is 4.52. The highest BCUT2D eigenvalue weighted by molar-refractivity contribution is 7.08. The number of carboxylic acid groups (broad SMARTS) is 1. The van der Waals surface area contributed by atoms with Gasteiger partial charge in [0, 0.05) is 5.69 Å². The third-order valence-electron chi connectivity index (χ3n) is 2.57. The highest BCUT2D eigenvalue weighted by Crippen LogP contribution is 2.29. The van der Waals surface area contributed by atoms with Gasteiger partial charge in [-0.25, -0.2) is 9.36 Å². The topological polar surface area (TPSA) is 102 Å². The Labute approximate surface area is 110 Å². The zero-order valence-corrected chi connectivity index (χ0v) is 10.5. The van der Waals surface area contributed by atoms with Crippen molar-refractivity contribution in [3.05, 3.63) is 49.1 Å². The third-order valence-corrected chi connectivity index (χ3v) is 3.26. The molecule has 0 fully saturated rings. The van der Waals surface area contributed by atoms with Gasteiger partial charge in [0.25, 0.3) is 0 Å². The number of nitro groups is 1. The van der Waals surface area contributed by atoms with Crippen LogP contribution in [-0.2, 0) is 0 Å². The van der Waals surface area contributed by atoms with Gasteiger partial charge in [0.15, 0.2) is 0 Å². The standard InChI is InChI=1S/C11H8N2O5S/c1-6-4-8(7-2-3-19-5-7)9(13(17)18)10(14)12(6)11(15)16/h2-5H,1H3,(H,15,16). The summed E-state index contributed by atoms with van der Waals surface area (Å²) in [6, 6.07) is 2.96. The number of aryl methyl sites for hydroxylation is 1. The van der Waals surface area contributed by atoms with Crippen molar-refractivity contribution in [3.8, 4) is 11.1 Å². The van der Waals surface area contributed by atoms with E-state index < -0.39 is 22.3 Å². The Kier molecular flexibility index (Phi) is 3.17. The minimum absolute atomic E-state index is 0.129. The van der Waals surface area contributed by atoms with E-state index in [1.807, 2.05) is 0 Å². The van der Waals surface area contributed by atoms with Gasteiger partial charge in [0.05, 0.1) is 10.5 Å². The molecule has 19 heavy (non-hydrogen) atoms. The van der Waals surface area contributed by atoms with Crippen LogP contribution in [0.5, 0.6) is 0 Å². The minimum atomic E-state index is -1.54. The van der Waals surface area contributed by atoms with Crippen LogP contribution in [0.2, 0.25) is 0 Å². The summed E-state index contributed by atoms with van der Waals surface area (Å²) < 4.78 is 0.369. The number of hydrogen-bond donors (Lipinski definition) is 1. The zero-order valence-electron chi connectivity index (χ0n) is 9.69. The van der Waals surface area contributed by atoms with Crippen molar-refractivity contribution in [3.63, 3.8) is 0 Å². The van der Waals surface area contributed by atoms with Crippen LogP contribution in [0.15, 0.2) is 27.7 Å². The van der Waals surface area contributed by atoms with Crippen LogP contribution < -0.4 is 5.56 Å². The number of thiophene rings is 1. The van der Waals surface area contributed by atoms with Crippen LogP contribution >= 0.6 is 11.3 Å². The van der Waals surface area contributed by atoms with Gasteiger partial charge in [-0.3, -0.25) is 14.9 Å². The van der Waals surface area contributed by atoms with Gasteiger partial charge in [-0.05, 0) is 35.4 Å². The van der Waals surface area contributed by atoms with Crippen LogP contribution in [0.3, 0.4) is 0 Å². The molecule has 0 saturated carbocycles. The van der Waals surface area contributed by atoms with Gasteiger partial charge < -0.3 is 5.11 Å². The lowest BCUT2D eigenvalue weighted by atomic mass is 10.1. The molecular formula is C11H8N2O5S. The van der Waals surface area contributed by atoms with Crippen molar-refractivity contribution in [2.24, 2.45) is 0 Å². The summed E-state index contributed by atoms with van der Waals surface area (Å²) in [5.41, 5.74) is -1.09. The van der Waals surface area contributed by atoms with Crippen LogP contribution in [0, 0.1) is 17.0 Å². The average molecular weight is 280 g/mol. The predicted octanol–water partition coefficient (Wildman–Crippen LogP) is 2.32. The minimum Gasteiger partial charge on any atom is -0.464 e. The molecule has 2 aromatic rings. The fraction of sp³-hybridized carbons (Fsp3) is 0.0909. The largest absolute Gasteiger partial charge is 0.464 e. The van der Waals surface area contributed by atoms with E-state index in [2.05, 4.69) is 0 Å². The summed E-state index contributed by atoms with van der Waals surface area (Å²) in [4.78, 5) is 33.1. The van der Waals surface area contributed by atoms with E-state index in [1.165, 1.54) is 24.3 Å². The maximum atomic E-state index is 11.9. The molecule has 2 rings (SSSR count). The summed E-state index contributed by atoms with van der Waals surface area (Å²) in [7, 11) is 0. The number of pyridine rings is 1. The van der Waals surface area contributed by atoms with Gasteiger partial charge in [-0.15, -0.1) is 0 Å². The lowest BCUT2D eigenvalue weighted by molar-refractivity contribution is -0.385. The molecule has 2 aromatic heterocycles. The van der Waals surface area contributed by atoms with Crippen LogP contribution in [0.4, 0.5) is 10.5 Å². The van der Waals surface area contributed by atoms with E-state index in [0.717, 1.165) is 0 Å². The predicted molar refractivity (Wildman–Crippen MR) is 68.8 cm³/mol. The highest BCUT2D eigenvalue weighted by Gasteiger charge is 2.26. The Bertz CT molecular complexity index is 717. The molecular weight excluding hydrogens is 272 g/mol. The lowest BCUT2D eigenvalue weighted by Gasteiger charge is -2.07. The Hall–Kier alpha value is -2.48. The smallest absolute Gasteiger partial charge is 0.418 e. The maximum absolute atomic E-state index is 11.9. The molecule has 0 unspecified atom stereocenters. The molecule has 0 atom stereocenters. The summed E-state index contributed by atoms with van der Waals surface area (Å²) in [6.07, 6.45) is -1.54. The summed E-state index contributed by atoms with van der Waals surface area (Å²) in [6.45, 7) is 1.41. The van der Waals surface area contributed by atoms with Gasteiger partial charge in [0.1, 0.15) is 0 Å². The molecule has 0 amide bonds. The zero-order chi connectivity index (χ0) is 14.2. The molecule has 8 heteroatoms. The van der Waals surface area contributed by atoms with Crippen LogP contribution in [0.25, 0.3) is 11.1 Å². The molecule has 7 nitrogen and oxygen atoms in total. The maximum Gasteiger partial charge on any atom is 0.418 e. The van der Waals surface area contributed by atoms with Crippen LogP contribution in [-0.4, -0.2) is 20.7 Å². The number of rotatable bonds is 2. The molecule has 0 radical (unpaired) electrons. The number of carbonyl (C=O) groups is 1. The van der Waals surface area contributed by atoms with Crippen molar-refractivity contribution >= 4 is 23.1 Å². The molecule has 0 bridgehead atoms. The Morgan fingerprint density at radius 1 is 1.53 bits per heavy atom. The second kappa shape index (κ2) is 4.65. The van der Waals surface area contributed by atoms with E-state index in [1.54, 1.807) is 16.8 Å². The molecule has 1 N–H and O–H groups in total. The molecule has 98 valence electrons. The van der Waals surface area contributed by atoms with E-state index in [4.69, 9.17) is 5.11 Å². The van der Waals surface area contributed by atoms with Crippen molar-refractivity contribution in [1.82, 2.24) is 4.57 Å². The molecule has 2 heterocycles. The quantitative estimate of drug-likeness (QED) is 0.671. The molecule has 0 aliphatic rings. The van der Waals surface area contributed by atoms with Gasteiger partial charge in [0.2, 0.25) is 0 Å². The fourth-order valence-electron chi connectivity index (χ4n) is 1.78. The molecule has 0 aliphatic heterocycles. The molecule has 0 spiro atoms. The lowest BCUT2D eigenvalue weighted by Crippen LogP contribution is -2.29. The van der Waals surface area contributed by atoms with Gasteiger partial charge >= 0.3 is 17.3 Å². The van der Waals surface area contributed by atoms with Crippen molar-refractivity contribution in [2.75, 3.05) is 0 Å². The first kappa shape index (κ1) is 13.0. The number of nitrogens with zero attached hydrogens (tertiary/aromatic N) is 2. The van der Waals surface area contributed by atoms with Crippen molar-refractivity contribution in [1.29, 1.82) is 0 Å². The Balaban J connectivity index is 2.87. The van der Waals surface area contributed by atoms with Crippen molar-refractivity contribution in [2.45, 2.75) is 6.92 Å². The van der Waals surface area contributed by atoms with E-state index in [9.17, 15) is 19.7 Å². The fourth-order valence-corrected chi connectivity index (χ4v) is 2.43. The first-order valence-electron chi connectivity index (χ1n) is 5.10. The summed E-state index contributed by atoms with van der Waals surface area (Å²) >= 11 is 1.33. The second-order valence-electron chi connectivity index (χ2n) is 3.74. The van der Waals surface area contributed by atoms with Crippen molar-refractivity contribution < 1.29 is 14.8 Å². The number of hydrogen-bond acceptors (Lipinski definition) is 5. The van der Waals surface area contributed by atoms with Gasteiger partial charge in [-0.2, -0.15) is 11.3 Å². The summed E-state index contributed by atoms with van der Waals surface area (Å²) in [5.74, 6) is 0. The number of aromatic nitrogens is 1. The van der Waals surface area contributed by atoms with E-state index >= 15 is 0 Å². The first-order valence-corrected chi connectivity index (χ1v) is 6.04. The molecule has 0 aromatic carbocycles. The van der Waals surface area contributed by atoms with E-state index in [-0.39, 0.29) is 11.3 Å². The third kappa shape index (κ3) is 2.13. The Morgan fingerprint density at radius 2 is 2.21 bits per heavy atom.